The fourth-order valence-electron chi connectivity index (χ4n) is 1.46. The summed E-state index contributed by atoms with van der Waals surface area (Å²) in [4.78, 5) is 4.34. The Bertz CT molecular complexity index is 448. The first kappa shape index (κ1) is 10.2. The summed E-state index contributed by atoms with van der Waals surface area (Å²) in [6.07, 6.45) is 0. The van der Waals surface area contributed by atoms with Crippen LogP contribution >= 0.6 is 11.6 Å². The zero-order valence-electron chi connectivity index (χ0n) is 8.03. The van der Waals surface area contributed by atoms with E-state index >= 15 is 0 Å². The van der Waals surface area contributed by atoms with Gasteiger partial charge in [-0.1, -0.05) is 11.6 Å². The van der Waals surface area contributed by atoms with Gasteiger partial charge in [0.1, 0.15) is 0 Å². The summed E-state index contributed by atoms with van der Waals surface area (Å²) in [5.74, 6) is 0. The molecule has 0 fully saturated rings. The molecule has 1 aromatic rings. The van der Waals surface area contributed by atoms with Gasteiger partial charge in [-0.15, -0.1) is 0 Å². The lowest BCUT2D eigenvalue weighted by Gasteiger charge is -2.13. The molecule has 0 aromatic heterocycles. The van der Waals surface area contributed by atoms with Crippen molar-refractivity contribution in [2.45, 2.75) is 0 Å². The summed E-state index contributed by atoms with van der Waals surface area (Å²) in [5.41, 5.74) is 2.28. The van der Waals surface area contributed by atoms with E-state index in [1.807, 2.05) is 0 Å². The molecule has 0 radical (unpaired) electrons. The van der Waals surface area contributed by atoms with Gasteiger partial charge in [-0.2, -0.15) is 5.26 Å². The first-order chi connectivity index (χ1) is 7.29. The van der Waals surface area contributed by atoms with Crippen LogP contribution in [-0.2, 0) is 4.74 Å². The van der Waals surface area contributed by atoms with Gasteiger partial charge < -0.3 is 4.74 Å². The second kappa shape index (κ2) is 4.43. The van der Waals surface area contributed by atoms with E-state index in [0.29, 0.717) is 30.3 Å². The number of hydrogen-bond donors (Lipinski definition) is 0. The lowest BCUT2D eigenvalue weighted by molar-refractivity contribution is 0.171. The Labute approximate surface area is 93.0 Å². The van der Waals surface area contributed by atoms with E-state index in [4.69, 9.17) is 21.6 Å². The van der Waals surface area contributed by atoms with Gasteiger partial charge in [0, 0.05) is 10.6 Å². The molecule has 1 aliphatic rings. The minimum atomic E-state index is 0.491. The van der Waals surface area contributed by atoms with E-state index < -0.39 is 0 Å². The fraction of sp³-hybridized carbons (Fsp3) is 0.273. The number of rotatable bonds is 1. The van der Waals surface area contributed by atoms with Crippen molar-refractivity contribution in [1.29, 1.82) is 5.26 Å². The Morgan fingerprint density at radius 1 is 1.40 bits per heavy atom. The molecule has 4 heteroatoms. The Balaban J connectivity index is 2.39. The van der Waals surface area contributed by atoms with Crippen molar-refractivity contribution >= 4 is 17.3 Å². The molecule has 1 aliphatic heterocycles. The van der Waals surface area contributed by atoms with E-state index in [9.17, 15) is 0 Å². The highest BCUT2D eigenvalue weighted by Crippen LogP contribution is 2.16. The van der Waals surface area contributed by atoms with Crippen molar-refractivity contribution in [3.05, 3.63) is 34.3 Å². The molecular weight excluding hydrogens is 212 g/mol. The smallest absolute Gasteiger partial charge is 0.0992 e. The predicted octanol–water partition coefficient (Wildman–Crippen LogP) is 2.03. The van der Waals surface area contributed by atoms with Gasteiger partial charge in [-0.05, 0) is 18.2 Å². The molecule has 15 heavy (non-hydrogen) atoms. The maximum Gasteiger partial charge on any atom is 0.0992 e. The van der Waals surface area contributed by atoms with Gasteiger partial charge in [0.15, 0.2) is 0 Å². The first-order valence-electron chi connectivity index (χ1n) is 4.62. The van der Waals surface area contributed by atoms with Crippen LogP contribution in [0.2, 0.25) is 5.02 Å². The zero-order chi connectivity index (χ0) is 10.7. The zero-order valence-corrected chi connectivity index (χ0v) is 8.79. The van der Waals surface area contributed by atoms with E-state index in [2.05, 4.69) is 11.1 Å². The highest BCUT2D eigenvalue weighted by atomic mass is 35.5. The average Bonchev–Trinajstić information content (AvgIpc) is 2.29. The number of ether oxygens (including phenoxy) is 1. The van der Waals surface area contributed by atoms with Crippen LogP contribution in [0.1, 0.15) is 11.1 Å². The second-order valence-corrected chi connectivity index (χ2v) is 3.66. The molecule has 0 spiro atoms. The van der Waals surface area contributed by atoms with Crippen molar-refractivity contribution < 1.29 is 4.74 Å². The lowest BCUT2D eigenvalue weighted by Crippen LogP contribution is -2.18. The molecule has 0 bridgehead atoms. The number of hydrogen-bond acceptors (Lipinski definition) is 3. The van der Waals surface area contributed by atoms with E-state index in [-0.39, 0.29) is 0 Å². The number of benzene rings is 1. The highest BCUT2D eigenvalue weighted by molar-refractivity contribution is 6.31. The highest BCUT2D eigenvalue weighted by Gasteiger charge is 2.09. The average molecular weight is 221 g/mol. The van der Waals surface area contributed by atoms with E-state index in [0.717, 1.165) is 11.3 Å². The molecule has 0 atom stereocenters. The van der Waals surface area contributed by atoms with Gasteiger partial charge in [-0.3, -0.25) is 4.99 Å². The molecule has 2 rings (SSSR count). The van der Waals surface area contributed by atoms with Crippen LogP contribution in [0.4, 0.5) is 0 Å². The van der Waals surface area contributed by atoms with Crippen molar-refractivity contribution in [2.75, 3.05) is 19.8 Å². The van der Waals surface area contributed by atoms with Gasteiger partial charge in [0.05, 0.1) is 37.1 Å². The normalized spacial score (nSPS) is 15.6. The Morgan fingerprint density at radius 3 is 2.93 bits per heavy atom. The number of nitriles is 1. The maximum atomic E-state index is 8.81. The van der Waals surface area contributed by atoms with Crippen LogP contribution in [0.3, 0.4) is 0 Å². The van der Waals surface area contributed by atoms with Gasteiger partial charge in [0.2, 0.25) is 0 Å². The SMILES string of the molecule is N#Cc1cc(Cl)cc(C2=NCCOC2)c1. The first-order valence-corrected chi connectivity index (χ1v) is 4.99. The quantitative estimate of drug-likeness (QED) is 0.727. The van der Waals surface area contributed by atoms with Crippen LogP contribution in [0.25, 0.3) is 0 Å². The van der Waals surface area contributed by atoms with Crippen molar-refractivity contribution in [1.82, 2.24) is 0 Å². The molecule has 0 aliphatic carbocycles. The largest absolute Gasteiger partial charge is 0.373 e. The third-order valence-electron chi connectivity index (χ3n) is 2.14. The standard InChI is InChI=1S/C11H9ClN2O/c12-10-4-8(6-13)3-9(5-10)11-7-15-2-1-14-11/h3-5H,1-2,7H2. The van der Waals surface area contributed by atoms with Crippen LogP contribution < -0.4 is 0 Å². The van der Waals surface area contributed by atoms with Crippen molar-refractivity contribution in [3.8, 4) is 6.07 Å². The molecule has 0 N–H and O–H groups in total. The molecule has 0 saturated heterocycles. The minimum Gasteiger partial charge on any atom is -0.373 e. The second-order valence-electron chi connectivity index (χ2n) is 3.22. The predicted molar refractivity (Wildman–Crippen MR) is 58.4 cm³/mol. The van der Waals surface area contributed by atoms with Gasteiger partial charge in [0.25, 0.3) is 0 Å². The maximum absolute atomic E-state index is 8.81. The molecule has 0 unspecified atom stereocenters. The summed E-state index contributed by atoms with van der Waals surface area (Å²) in [7, 11) is 0. The third kappa shape index (κ3) is 2.35. The summed E-state index contributed by atoms with van der Waals surface area (Å²) in [5, 5.41) is 9.36. The number of halogens is 1. The van der Waals surface area contributed by atoms with E-state index in [1.54, 1.807) is 18.2 Å². The topological polar surface area (TPSA) is 45.4 Å². The Hall–Kier alpha value is -1.37. The van der Waals surface area contributed by atoms with Crippen LogP contribution in [0.5, 0.6) is 0 Å². The summed E-state index contributed by atoms with van der Waals surface area (Å²) in [6, 6.07) is 7.28. The Kier molecular flexibility index (Phi) is 3.00. The van der Waals surface area contributed by atoms with Crippen molar-refractivity contribution in [2.24, 2.45) is 4.99 Å². The van der Waals surface area contributed by atoms with Gasteiger partial charge in [-0.25, -0.2) is 0 Å². The summed E-state index contributed by atoms with van der Waals surface area (Å²) < 4.78 is 5.29. The summed E-state index contributed by atoms with van der Waals surface area (Å²) in [6.45, 7) is 1.82. The summed E-state index contributed by atoms with van der Waals surface area (Å²) >= 11 is 5.90. The Morgan fingerprint density at radius 2 is 2.27 bits per heavy atom. The van der Waals surface area contributed by atoms with Crippen LogP contribution in [0.15, 0.2) is 23.2 Å². The molecule has 0 saturated carbocycles. The molecule has 1 aromatic carbocycles. The lowest BCUT2D eigenvalue weighted by atomic mass is 10.1. The molecular formula is C11H9ClN2O. The molecule has 76 valence electrons. The number of aliphatic imine (C=N–C) groups is 1. The monoisotopic (exact) mass is 220 g/mol. The van der Waals surface area contributed by atoms with Crippen LogP contribution in [0, 0.1) is 11.3 Å². The van der Waals surface area contributed by atoms with E-state index in [1.165, 1.54) is 0 Å². The number of nitrogens with zero attached hydrogens (tertiary/aromatic N) is 2. The third-order valence-corrected chi connectivity index (χ3v) is 2.36. The van der Waals surface area contributed by atoms with Crippen LogP contribution in [-0.4, -0.2) is 25.5 Å². The van der Waals surface area contributed by atoms with Crippen molar-refractivity contribution in [3.63, 3.8) is 0 Å². The van der Waals surface area contributed by atoms with Gasteiger partial charge >= 0.3 is 0 Å². The molecule has 1 heterocycles. The minimum absolute atomic E-state index is 0.491. The molecule has 3 nitrogen and oxygen atoms in total. The fourth-order valence-corrected chi connectivity index (χ4v) is 1.69. The molecule has 0 amide bonds.